The van der Waals surface area contributed by atoms with Gasteiger partial charge in [-0.15, -0.1) is 0 Å². The van der Waals surface area contributed by atoms with Crippen LogP contribution in [0.3, 0.4) is 0 Å². The first kappa shape index (κ1) is 57.3. The Bertz CT molecular complexity index is 920. The van der Waals surface area contributed by atoms with Crippen LogP contribution in [0.5, 0.6) is 0 Å². The second-order valence-electron chi connectivity index (χ2n) is 17.9. The monoisotopic (exact) mass is 832 g/mol. The number of hydrogen-bond acceptors (Lipinski definition) is 5. The van der Waals surface area contributed by atoms with E-state index in [1.54, 1.807) is 0 Å². The minimum Gasteiger partial charge on any atom is -0.466 e. The van der Waals surface area contributed by atoms with Gasteiger partial charge in [0.05, 0.1) is 25.4 Å². The van der Waals surface area contributed by atoms with E-state index in [0.717, 1.165) is 57.8 Å². The lowest BCUT2D eigenvalue weighted by Crippen LogP contribution is -2.45. The first-order valence-corrected chi connectivity index (χ1v) is 26.1. The van der Waals surface area contributed by atoms with E-state index in [1.807, 2.05) is 0 Å². The molecule has 59 heavy (non-hydrogen) atoms. The largest absolute Gasteiger partial charge is 0.466 e. The number of rotatable bonds is 48. The molecule has 0 fully saturated rings. The average molecular weight is 832 g/mol. The van der Waals surface area contributed by atoms with Crippen molar-refractivity contribution in [3.05, 3.63) is 24.3 Å². The second-order valence-corrected chi connectivity index (χ2v) is 17.9. The number of esters is 1. The van der Waals surface area contributed by atoms with Crippen LogP contribution in [-0.4, -0.2) is 47.4 Å². The normalized spacial score (nSPS) is 12.8. The number of ether oxygens (including phenoxy) is 1. The minimum atomic E-state index is -0.671. The molecule has 0 aliphatic heterocycles. The van der Waals surface area contributed by atoms with Crippen LogP contribution in [0.25, 0.3) is 0 Å². The van der Waals surface area contributed by atoms with E-state index < -0.39 is 12.1 Å². The van der Waals surface area contributed by atoms with Crippen molar-refractivity contribution >= 4 is 11.9 Å². The Labute approximate surface area is 367 Å². The van der Waals surface area contributed by atoms with Crippen LogP contribution in [0.1, 0.15) is 277 Å². The summed E-state index contributed by atoms with van der Waals surface area (Å²) < 4.78 is 5.45. The Morgan fingerprint density at radius 2 is 0.864 bits per heavy atom. The van der Waals surface area contributed by atoms with E-state index in [1.165, 1.54) is 186 Å². The third-order valence-corrected chi connectivity index (χ3v) is 12.0. The predicted octanol–water partition coefficient (Wildman–Crippen LogP) is 15.5. The zero-order chi connectivity index (χ0) is 43.0. The molecule has 1 amide bonds. The van der Waals surface area contributed by atoms with Crippen molar-refractivity contribution < 1.29 is 24.5 Å². The number of nitrogens with one attached hydrogen (secondary N) is 1. The summed E-state index contributed by atoms with van der Waals surface area (Å²) >= 11 is 0. The predicted molar refractivity (Wildman–Crippen MR) is 255 cm³/mol. The molecule has 3 N–H and O–H groups in total. The lowest BCUT2D eigenvalue weighted by molar-refractivity contribution is -0.143. The molecule has 2 atom stereocenters. The van der Waals surface area contributed by atoms with E-state index in [4.69, 9.17) is 4.74 Å². The zero-order valence-corrected chi connectivity index (χ0v) is 39.5. The Kier molecular flexibility index (Phi) is 47.6. The number of carbonyl (C=O) groups excluding carboxylic acids is 2. The van der Waals surface area contributed by atoms with E-state index in [9.17, 15) is 19.8 Å². The fourth-order valence-electron chi connectivity index (χ4n) is 7.95. The third kappa shape index (κ3) is 45.7. The smallest absolute Gasteiger partial charge is 0.305 e. The highest BCUT2D eigenvalue weighted by atomic mass is 16.5. The Hall–Kier alpha value is -1.66. The molecule has 0 aliphatic carbocycles. The van der Waals surface area contributed by atoms with Gasteiger partial charge in [-0.2, -0.15) is 0 Å². The molecule has 348 valence electrons. The summed E-state index contributed by atoms with van der Waals surface area (Å²) in [6.07, 6.45) is 57.1. The number of unbranched alkanes of at least 4 members (excludes halogenated alkanes) is 33. The second kappa shape index (κ2) is 49.0. The quantitative estimate of drug-likeness (QED) is 0.0322. The summed E-state index contributed by atoms with van der Waals surface area (Å²) in [7, 11) is 0. The zero-order valence-electron chi connectivity index (χ0n) is 39.5. The van der Waals surface area contributed by atoms with Gasteiger partial charge in [-0.1, -0.05) is 237 Å². The van der Waals surface area contributed by atoms with Crippen LogP contribution in [0.2, 0.25) is 0 Å². The maximum Gasteiger partial charge on any atom is 0.305 e. The van der Waals surface area contributed by atoms with Crippen molar-refractivity contribution in [3.63, 3.8) is 0 Å². The summed E-state index contributed by atoms with van der Waals surface area (Å²) in [6, 6.07) is -0.549. The van der Waals surface area contributed by atoms with Gasteiger partial charge in [0.1, 0.15) is 0 Å². The molecule has 0 saturated carbocycles. The Morgan fingerprint density at radius 3 is 1.34 bits per heavy atom. The van der Waals surface area contributed by atoms with E-state index in [2.05, 4.69) is 43.5 Å². The van der Waals surface area contributed by atoms with Gasteiger partial charge in [0, 0.05) is 12.8 Å². The van der Waals surface area contributed by atoms with Gasteiger partial charge in [-0.05, 0) is 51.4 Å². The molecular weight excluding hydrogens is 731 g/mol. The van der Waals surface area contributed by atoms with Crippen LogP contribution in [0.15, 0.2) is 24.3 Å². The van der Waals surface area contributed by atoms with Crippen LogP contribution >= 0.6 is 0 Å². The summed E-state index contributed by atoms with van der Waals surface area (Å²) in [6.45, 7) is 4.88. The fourth-order valence-corrected chi connectivity index (χ4v) is 7.95. The number of amides is 1. The molecule has 0 radical (unpaired) electrons. The van der Waals surface area contributed by atoms with E-state index in [-0.39, 0.29) is 18.5 Å². The van der Waals surface area contributed by atoms with Crippen molar-refractivity contribution in [2.75, 3.05) is 13.2 Å². The highest BCUT2D eigenvalue weighted by molar-refractivity contribution is 5.76. The number of allylic oxidation sites excluding steroid dienone is 4. The lowest BCUT2D eigenvalue weighted by Gasteiger charge is -2.22. The van der Waals surface area contributed by atoms with E-state index >= 15 is 0 Å². The molecule has 0 spiro atoms. The van der Waals surface area contributed by atoms with Crippen LogP contribution in [-0.2, 0) is 14.3 Å². The van der Waals surface area contributed by atoms with Crippen LogP contribution in [0, 0.1) is 0 Å². The van der Waals surface area contributed by atoms with Crippen molar-refractivity contribution in [3.8, 4) is 0 Å². The molecule has 0 aromatic carbocycles. The van der Waals surface area contributed by atoms with Gasteiger partial charge >= 0.3 is 5.97 Å². The molecule has 2 unspecified atom stereocenters. The van der Waals surface area contributed by atoms with Crippen LogP contribution < -0.4 is 5.32 Å². The fraction of sp³-hybridized carbons (Fsp3) is 0.887. The number of hydrogen-bond donors (Lipinski definition) is 3. The van der Waals surface area contributed by atoms with Gasteiger partial charge < -0.3 is 20.3 Å². The standard InChI is InChI=1S/C53H101NO5/c1-3-5-7-9-11-13-15-17-21-25-29-33-37-41-45-51(56)50(49-55)54-52(57)46-42-38-34-30-26-22-19-20-24-28-32-36-40-44-48-59-53(58)47-43-39-35-31-27-23-18-16-14-12-10-8-6-4-2/h10,12,16,18,50-51,55-56H,3-9,11,13-15,17,19-49H2,1-2H3,(H,54,57)/b12-10-,18-16-. The molecule has 6 nitrogen and oxygen atoms in total. The molecule has 6 heteroatoms. The molecule has 0 bridgehead atoms. The SMILES string of the molecule is CCCC/C=C\C/C=C\CCCCCCCC(=O)OCCCCCCCCCCCCCCCCC(=O)NC(CO)C(O)CCCCCCCCCCCCCCCC. The number of aliphatic hydroxyl groups excluding tert-OH is 2. The maximum atomic E-state index is 12.4. The van der Waals surface area contributed by atoms with Crippen molar-refractivity contribution in [1.29, 1.82) is 0 Å². The molecular formula is C53H101NO5. The molecule has 0 aromatic rings. The summed E-state index contributed by atoms with van der Waals surface area (Å²) in [5.74, 6) is -0.0627. The number of aliphatic hydroxyl groups is 2. The Morgan fingerprint density at radius 1 is 0.475 bits per heavy atom. The average Bonchev–Trinajstić information content (AvgIpc) is 3.24. The lowest BCUT2D eigenvalue weighted by atomic mass is 10.0. The molecule has 0 saturated heterocycles. The minimum absolute atomic E-state index is 0.0168. The maximum absolute atomic E-state index is 12.4. The topological polar surface area (TPSA) is 95.9 Å². The molecule has 0 aliphatic rings. The molecule has 0 rings (SSSR count). The van der Waals surface area contributed by atoms with Gasteiger partial charge in [-0.3, -0.25) is 9.59 Å². The van der Waals surface area contributed by atoms with Gasteiger partial charge in [-0.25, -0.2) is 0 Å². The van der Waals surface area contributed by atoms with Gasteiger partial charge in [0.25, 0.3) is 0 Å². The number of carbonyl (C=O) groups is 2. The highest BCUT2D eigenvalue weighted by Crippen LogP contribution is 2.16. The Balaban J connectivity index is 3.45. The first-order chi connectivity index (χ1) is 29.0. The summed E-state index contributed by atoms with van der Waals surface area (Å²) in [4.78, 5) is 24.5. The van der Waals surface area contributed by atoms with Crippen molar-refractivity contribution in [1.82, 2.24) is 5.32 Å². The highest BCUT2D eigenvalue weighted by Gasteiger charge is 2.20. The van der Waals surface area contributed by atoms with Crippen LogP contribution in [0.4, 0.5) is 0 Å². The summed E-state index contributed by atoms with van der Waals surface area (Å²) in [5, 5.41) is 23.2. The molecule has 0 aromatic heterocycles. The van der Waals surface area contributed by atoms with Gasteiger partial charge in [0.2, 0.25) is 5.91 Å². The van der Waals surface area contributed by atoms with Crippen molar-refractivity contribution in [2.24, 2.45) is 0 Å². The van der Waals surface area contributed by atoms with E-state index in [0.29, 0.717) is 25.9 Å². The van der Waals surface area contributed by atoms with Gasteiger partial charge in [0.15, 0.2) is 0 Å². The first-order valence-electron chi connectivity index (χ1n) is 26.1. The molecule has 0 heterocycles. The third-order valence-electron chi connectivity index (χ3n) is 12.0. The van der Waals surface area contributed by atoms with Crippen molar-refractivity contribution in [2.45, 2.75) is 289 Å². The summed E-state index contributed by atoms with van der Waals surface area (Å²) in [5.41, 5.74) is 0.